The molecule has 2 atom stereocenters. The van der Waals surface area contributed by atoms with E-state index in [2.05, 4.69) is 40.2 Å². The second kappa shape index (κ2) is 7.02. The fourth-order valence-electron chi connectivity index (χ4n) is 2.62. The fraction of sp³-hybridized carbons (Fsp3) is 0.667. The van der Waals surface area contributed by atoms with Gasteiger partial charge in [-0.05, 0) is 39.9 Å². The molecule has 2 unspecified atom stereocenters. The summed E-state index contributed by atoms with van der Waals surface area (Å²) in [7, 11) is 2.11. The first-order chi connectivity index (χ1) is 9.54. The van der Waals surface area contributed by atoms with Crippen molar-refractivity contribution in [2.75, 3.05) is 26.8 Å². The van der Waals surface area contributed by atoms with E-state index in [1.54, 1.807) is 0 Å². The van der Waals surface area contributed by atoms with E-state index in [-0.39, 0.29) is 0 Å². The Balaban J connectivity index is 1.72. The van der Waals surface area contributed by atoms with Crippen molar-refractivity contribution < 1.29 is 5.11 Å². The summed E-state index contributed by atoms with van der Waals surface area (Å²) in [6, 6.07) is 0.410. The van der Waals surface area contributed by atoms with E-state index in [9.17, 15) is 5.11 Å². The maximum atomic E-state index is 9.99. The fourth-order valence-corrected chi connectivity index (χ4v) is 2.62. The Labute approximate surface area is 121 Å². The van der Waals surface area contributed by atoms with E-state index in [1.165, 1.54) is 5.70 Å². The molecule has 0 bridgehead atoms. The Kier molecular flexibility index (Phi) is 5.34. The van der Waals surface area contributed by atoms with Gasteiger partial charge in [0.1, 0.15) is 12.9 Å². The molecule has 0 aliphatic carbocycles. The third-order valence-corrected chi connectivity index (χ3v) is 3.81. The van der Waals surface area contributed by atoms with Gasteiger partial charge in [-0.25, -0.2) is 0 Å². The minimum absolute atomic E-state index is 0.410. The van der Waals surface area contributed by atoms with Crippen LogP contribution >= 0.6 is 0 Å². The normalized spacial score (nSPS) is 26.0. The van der Waals surface area contributed by atoms with E-state index in [0.717, 1.165) is 25.2 Å². The Morgan fingerprint density at radius 3 is 3.00 bits per heavy atom. The number of likely N-dealkylation sites (tertiary alicyclic amines) is 1. The van der Waals surface area contributed by atoms with E-state index < -0.39 is 6.23 Å². The summed E-state index contributed by atoms with van der Waals surface area (Å²) >= 11 is 0. The number of rotatable bonds is 5. The quantitative estimate of drug-likeness (QED) is 0.741. The number of aliphatic hydroxyl groups excluding tert-OH is 1. The third-order valence-electron chi connectivity index (χ3n) is 3.81. The molecule has 2 rings (SSSR count). The van der Waals surface area contributed by atoms with Crippen LogP contribution in [0.5, 0.6) is 0 Å². The van der Waals surface area contributed by atoms with Crippen molar-refractivity contribution in [2.24, 2.45) is 4.99 Å². The highest BCUT2D eigenvalue weighted by molar-refractivity contribution is 5.93. The minimum atomic E-state index is -0.470. The lowest BCUT2D eigenvalue weighted by molar-refractivity contribution is 0.125. The van der Waals surface area contributed by atoms with Crippen LogP contribution in [0, 0.1) is 0 Å². The van der Waals surface area contributed by atoms with E-state index in [1.807, 2.05) is 19.2 Å². The topological polar surface area (TPSA) is 51.1 Å². The van der Waals surface area contributed by atoms with Crippen molar-refractivity contribution in [3.63, 3.8) is 0 Å². The Morgan fingerprint density at radius 1 is 1.55 bits per heavy atom. The minimum Gasteiger partial charge on any atom is -0.378 e. The maximum absolute atomic E-state index is 9.99. The van der Waals surface area contributed by atoms with Crippen LogP contribution in [0.15, 0.2) is 29.0 Å². The molecule has 1 fully saturated rings. The van der Waals surface area contributed by atoms with Crippen LogP contribution in [0.3, 0.4) is 0 Å². The number of nitrogens with one attached hydrogen (secondary N) is 1. The molecule has 2 aliphatic heterocycles. The van der Waals surface area contributed by atoms with Gasteiger partial charge in [0.15, 0.2) is 0 Å². The molecule has 0 spiro atoms. The maximum Gasteiger partial charge on any atom is 0.114 e. The molecule has 2 aliphatic rings. The molecule has 2 N–H and O–H groups in total. The molecule has 0 saturated carbocycles. The molecule has 0 aromatic rings. The molecule has 2 heterocycles. The Hall–Kier alpha value is -1.17. The summed E-state index contributed by atoms with van der Waals surface area (Å²) in [5.74, 6) is 0. The van der Waals surface area contributed by atoms with Gasteiger partial charge in [-0.2, -0.15) is 0 Å². The van der Waals surface area contributed by atoms with Gasteiger partial charge in [-0.15, -0.1) is 0 Å². The summed E-state index contributed by atoms with van der Waals surface area (Å²) in [4.78, 5) is 8.75. The highest BCUT2D eigenvalue weighted by Gasteiger charge is 2.20. The predicted molar refractivity (Wildman–Crippen MR) is 82.4 cm³/mol. The van der Waals surface area contributed by atoms with Crippen LogP contribution in [-0.4, -0.2) is 59.7 Å². The van der Waals surface area contributed by atoms with E-state index >= 15 is 0 Å². The molecule has 20 heavy (non-hydrogen) atoms. The molecule has 0 aromatic carbocycles. The molecular weight excluding hydrogens is 252 g/mol. The molecule has 0 amide bonds. The van der Waals surface area contributed by atoms with Crippen LogP contribution in [-0.2, 0) is 0 Å². The average molecular weight is 278 g/mol. The van der Waals surface area contributed by atoms with Gasteiger partial charge < -0.3 is 14.9 Å². The van der Waals surface area contributed by atoms with Crippen LogP contribution < -0.4 is 5.32 Å². The largest absolute Gasteiger partial charge is 0.378 e. The molecule has 112 valence electrons. The summed E-state index contributed by atoms with van der Waals surface area (Å²) in [5.41, 5.74) is 2.26. The van der Waals surface area contributed by atoms with Gasteiger partial charge in [0, 0.05) is 36.6 Å². The van der Waals surface area contributed by atoms with E-state index in [0.29, 0.717) is 19.1 Å². The van der Waals surface area contributed by atoms with Crippen LogP contribution in [0.25, 0.3) is 0 Å². The highest BCUT2D eigenvalue weighted by atomic mass is 16.3. The van der Waals surface area contributed by atoms with Gasteiger partial charge in [0.25, 0.3) is 0 Å². The van der Waals surface area contributed by atoms with Gasteiger partial charge in [-0.3, -0.25) is 10.3 Å². The summed E-state index contributed by atoms with van der Waals surface area (Å²) in [5, 5.41) is 13.3. The Bertz CT molecular complexity index is 416. The molecule has 1 saturated heterocycles. The number of allylic oxidation sites excluding steroid dienone is 2. The lowest BCUT2D eigenvalue weighted by Gasteiger charge is -2.23. The van der Waals surface area contributed by atoms with Gasteiger partial charge in [-0.1, -0.05) is 6.08 Å². The van der Waals surface area contributed by atoms with Crippen molar-refractivity contribution in [3.05, 3.63) is 24.0 Å². The first-order valence-corrected chi connectivity index (χ1v) is 7.30. The monoisotopic (exact) mass is 278 g/mol. The van der Waals surface area contributed by atoms with Gasteiger partial charge >= 0.3 is 0 Å². The number of hydrogen-bond donors (Lipinski definition) is 2. The number of aliphatic imine (C=N–C) groups is 1. The highest BCUT2D eigenvalue weighted by Crippen LogP contribution is 2.11. The van der Waals surface area contributed by atoms with Crippen LogP contribution in [0.2, 0.25) is 0 Å². The summed E-state index contributed by atoms with van der Waals surface area (Å²) in [6.45, 7) is 6.88. The second-order valence-electron chi connectivity index (χ2n) is 5.75. The Morgan fingerprint density at radius 2 is 2.35 bits per heavy atom. The van der Waals surface area contributed by atoms with Crippen molar-refractivity contribution in [3.8, 4) is 0 Å². The van der Waals surface area contributed by atoms with Crippen molar-refractivity contribution in [1.29, 1.82) is 0 Å². The SMILES string of the molecule is CC1=CC(C)=NCN1/C=C\CC(O)NC1CCN(C)C1. The second-order valence-corrected chi connectivity index (χ2v) is 5.75. The summed E-state index contributed by atoms with van der Waals surface area (Å²) < 4.78 is 0. The van der Waals surface area contributed by atoms with Gasteiger partial charge in [0.2, 0.25) is 0 Å². The number of hydrogen-bond acceptors (Lipinski definition) is 5. The predicted octanol–water partition coefficient (Wildman–Crippen LogP) is 1.14. The first-order valence-electron chi connectivity index (χ1n) is 7.30. The summed E-state index contributed by atoms with van der Waals surface area (Å²) in [6.07, 6.45) is 7.34. The smallest absolute Gasteiger partial charge is 0.114 e. The third kappa shape index (κ3) is 4.44. The molecular formula is C15H26N4O. The zero-order chi connectivity index (χ0) is 14.5. The number of nitrogens with zero attached hydrogens (tertiary/aromatic N) is 3. The first kappa shape index (κ1) is 15.2. The average Bonchev–Trinajstić information content (AvgIpc) is 2.77. The van der Waals surface area contributed by atoms with Crippen LogP contribution in [0.4, 0.5) is 0 Å². The zero-order valence-electron chi connectivity index (χ0n) is 12.7. The van der Waals surface area contributed by atoms with Crippen molar-refractivity contribution >= 4 is 5.71 Å². The lowest BCUT2D eigenvalue weighted by Crippen LogP contribution is -2.39. The number of aliphatic hydroxyl groups is 1. The molecule has 0 aromatic heterocycles. The molecule has 0 radical (unpaired) electrons. The van der Waals surface area contributed by atoms with Crippen molar-refractivity contribution in [1.82, 2.24) is 15.1 Å². The van der Waals surface area contributed by atoms with Crippen molar-refractivity contribution in [2.45, 2.75) is 39.0 Å². The zero-order valence-corrected chi connectivity index (χ0v) is 12.7. The van der Waals surface area contributed by atoms with E-state index in [4.69, 9.17) is 0 Å². The van der Waals surface area contributed by atoms with Crippen LogP contribution in [0.1, 0.15) is 26.7 Å². The van der Waals surface area contributed by atoms with Gasteiger partial charge in [0.05, 0.1) is 0 Å². The lowest BCUT2D eigenvalue weighted by atomic mass is 10.2. The molecule has 5 heteroatoms. The molecule has 5 nitrogen and oxygen atoms in total. The number of likely N-dealkylation sites (N-methyl/N-ethyl adjacent to an activating group) is 1. The standard InChI is InChI=1S/C15H26N4O/c1-12-9-13(2)19(11-16-12)7-4-5-15(20)17-14-6-8-18(3)10-14/h4,7,9,14-15,17,20H,5-6,8,10-11H2,1-3H3/b7-4-.